The van der Waals surface area contributed by atoms with Gasteiger partial charge in [-0.2, -0.15) is 0 Å². The molecule has 1 heterocycles. The van der Waals surface area contributed by atoms with Gasteiger partial charge in [0, 0.05) is 17.6 Å². The summed E-state index contributed by atoms with van der Waals surface area (Å²) in [5.74, 6) is -0.629. The van der Waals surface area contributed by atoms with E-state index in [1.165, 1.54) is 18.0 Å². The Morgan fingerprint density at radius 3 is 2.61 bits per heavy atom. The summed E-state index contributed by atoms with van der Waals surface area (Å²) in [5, 5.41) is 0.317. The van der Waals surface area contributed by atoms with Gasteiger partial charge in [-0.25, -0.2) is 18.2 Å². The molecular weight excluding hydrogens is 269 g/mol. The Balaban J connectivity index is 2.51. The zero-order valence-corrected chi connectivity index (χ0v) is 9.96. The Morgan fingerprint density at radius 1 is 1.33 bits per heavy atom. The van der Waals surface area contributed by atoms with Crippen LogP contribution in [0.2, 0.25) is 5.02 Å². The van der Waals surface area contributed by atoms with Crippen LogP contribution >= 0.6 is 11.6 Å². The maximum Gasteiger partial charge on any atom is 0.289 e. The van der Waals surface area contributed by atoms with Crippen LogP contribution in [0.15, 0.2) is 23.2 Å². The molecule has 1 unspecified atom stereocenters. The van der Waals surface area contributed by atoms with E-state index < -0.39 is 18.6 Å². The zero-order valence-electron chi connectivity index (χ0n) is 9.20. The molecule has 0 spiro atoms. The molecule has 96 valence electrons. The van der Waals surface area contributed by atoms with E-state index in [-0.39, 0.29) is 11.3 Å². The number of alkyl halides is 3. The Kier molecular flexibility index (Phi) is 3.30. The SMILES string of the molecule is CN1C(=O)C(=NC(F)C(F)F)c2cc(Cl)ccc21. The molecule has 1 aromatic carbocycles. The van der Waals surface area contributed by atoms with E-state index in [9.17, 15) is 18.0 Å². The highest BCUT2D eigenvalue weighted by atomic mass is 35.5. The predicted octanol–water partition coefficient (Wildman–Crippen LogP) is 2.67. The lowest BCUT2D eigenvalue weighted by atomic mass is 10.1. The second-order valence-electron chi connectivity index (χ2n) is 3.71. The Hall–Kier alpha value is -1.56. The van der Waals surface area contributed by atoms with Crippen molar-refractivity contribution in [3.63, 3.8) is 0 Å². The average molecular weight is 277 g/mol. The quantitative estimate of drug-likeness (QED) is 0.765. The van der Waals surface area contributed by atoms with Crippen LogP contribution in [0.25, 0.3) is 0 Å². The summed E-state index contributed by atoms with van der Waals surface area (Å²) in [5.41, 5.74) is 0.394. The van der Waals surface area contributed by atoms with Gasteiger partial charge in [0.15, 0.2) is 0 Å². The first-order valence-corrected chi connectivity index (χ1v) is 5.37. The number of likely N-dealkylation sites (N-methyl/N-ethyl adjacent to an activating group) is 1. The smallest absolute Gasteiger partial charge is 0.289 e. The molecule has 0 aliphatic carbocycles. The van der Waals surface area contributed by atoms with Crippen molar-refractivity contribution in [1.82, 2.24) is 0 Å². The highest BCUT2D eigenvalue weighted by molar-refractivity contribution is 6.54. The van der Waals surface area contributed by atoms with Crippen LogP contribution in [-0.4, -0.2) is 31.4 Å². The summed E-state index contributed by atoms with van der Waals surface area (Å²) >= 11 is 5.76. The van der Waals surface area contributed by atoms with Gasteiger partial charge < -0.3 is 4.90 Å². The minimum Gasteiger partial charge on any atom is -0.309 e. The molecule has 3 nitrogen and oxygen atoms in total. The van der Waals surface area contributed by atoms with Gasteiger partial charge in [0.1, 0.15) is 5.71 Å². The van der Waals surface area contributed by atoms with E-state index in [2.05, 4.69) is 4.99 Å². The van der Waals surface area contributed by atoms with Crippen LogP contribution in [0.4, 0.5) is 18.9 Å². The van der Waals surface area contributed by atoms with Gasteiger partial charge >= 0.3 is 0 Å². The third kappa shape index (κ3) is 2.08. The molecule has 0 aromatic heterocycles. The maximum absolute atomic E-state index is 12.9. The van der Waals surface area contributed by atoms with Crippen LogP contribution in [-0.2, 0) is 4.79 Å². The van der Waals surface area contributed by atoms with E-state index in [0.717, 1.165) is 0 Å². The number of carbonyl (C=O) groups is 1. The Morgan fingerprint density at radius 2 is 2.00 bits per heavy atom. The number of amides is 1. The molecule has 0 radical (unpaired) electrons. The van der Waals surface area contributed by atoms with Crippen molar-refractivity contribution >= 4 is 28.9 Å². The average Bonchev–Trinajstić information content (AvgIpc) is 2.54. The predicted molar refractivity (Wildman–Crippen MR) is 62.3 cm³/mol. The largest absolute Gasteiger partial charge is 0.309 e. The molecule has 1 aromatic rings. The number of hydrogen-bond donors (Lipinski definition) is 0. The van der Waals surface area contributed by atoms with Gasteiger partial charge in [-0.15, -0.1) is 0 Å². The first-order chi connectivity index (χ1) is 8.41. The normalized spacial score (nSPS) is 18.7. The van der Waals surface area contributed by atoms with Crippen LogP contribution in [0, 0.1) is 0 Å². The molecule has 0 saturated carbocycles. The summed E-state index contributed by atoms with van der Waals surface area (Å²) < 4.78 is 37.2. The van der Waals surface area contributed by atoms with Gasteiger partial charge in [0.05, 0.1) is 5.69 Å². The van der Waals surface area contributed by atoms with Crippen LogP contribution < -0.4 is 4.90 Å². The highest BCUT2D eigenvalue weighted by Crippen LogP contribution is 2.31. The van der Waals surface area contributed by atoms with E-state index >= 15 is 0 Å². The molecule has 18 heavy (non-hydrogen) atoms. The van der Waals surface area contributed by atoms with Gasteiger partial charge in [-0.05, 0) is 18.2 Å². The third-order valence-corrected chi connectivity index (χ3v) is 2.78. The number of halogens is 4. The summed E-state index contributed by atoms with van der Waals surface area (Å²) in [6.07, 6.45) is -5.99. The fourth-order valence-corrected chi connectivity index (χ4v) is 1.85. The second kappa shape index (κ2) is 4.61. The van der Waals surface area contributed by atoms with Gasteiger partial charge in [0.2, 0.25) is 0 Å². The van der Waals surface area contributed by atoms with Crippen LogP contribution in [0.1, 0.15) is 5.56 Å². The Bertz CT molecular complexity index is 533. The minimum atomic E-state index is -3.26. The molecule has 0 saturated heterocycles. The van der Waals surface area contributed by atoms with Crippen LogP contribution in [0.5, 0.6) is 0 Å². The number of nitrogens with zero attached hydrogens (tertiary/aromatic N) is 2. The number of rotatable bonds is 2. The standard InChI is InChI=1S/C11H8ClF3N2O/c1-17-7-3-2-5(12)4-6(7)8(11(17)18)16-10(15)9(13)14/h2-4,9-10H,1H3. The minimum absolute atomic E-state index is 0.262. The number of benzene rings is 1. The number of fused-ring (bicyclic) bond motifs is 1. The molecule has 1 aliphatic rings. The zero-order chi connectivity index (χ0) is 13.4. The van der Waals surface area contributed by atoms with Gasteiger partial charge in [-0.1, -0.05) is 11.6 Å². The van der Waals surface area contributed by atoms with Gasteiger partial charge in [0.25, 0.3) is 18.6 Å². The van der Waals surface area contributed by atoms with E-state index in [0.29, 0.717) is 10.7 Å². The molecule has 2 rings (SSSR count). The number of aliphatic imine (C=N–C) groups is 1. The first kappa shape index (κ1) is 12.9. The summed E-state index contributed by atoms with van der Waals surface area (Å²) in [4.78, 5) is 16.1. The molecule has 1 amide bonds. The first-order valence-electron chi connectivity index (χ1n) is 5.00. The van der Waals surface area contributed by atoms with Crippen LogP contribution in [0.3, 0.4) is 0 Å². The summed E-state index contributed by atoms with van der Waals surface area (Å²) in [6, 6.07) is 4.50. The van der Waals surface area contributed by atoms with E-state index in [1.807, 2.05) is 0 Å². The lowest BCUT2D eigenvalue weighted by molar-refractivity contribution is -0.112. The lowest BCUT2D eigenvalue weighted by Gasteiger charge is -2.08. The molecule has 1 aliphatic heterocycles. The van der Waals surface area contributed by atoms with Crippen molar-refractivity contribution in [2.45, 2.75) is 12.7 Å². The van der Waals surface area contributed by atoms with Crippen molar-refractivity contribution in [2.75, 3.05) is 11.9 Å². The lowest BCUT2D eigenvalue weighted by Crippen LogP contribution is -2.27. The fraction of sp³-hybridized carbons (Fsp3) is 0.273. The fourth-order valence-electron chi connectivity index (χ4n) is 1.68. The monoisotopic (exact) mass is 276 g/mol. The van der Waals surface area contributed by atoms with E-state index in [1.54, 1.807) is 12.1 Å². The summed E-state index contributed by atoms with van der Waals surface area (Å²) in [7, 11) is 1.45. The molecule has 0 N–H and O–H groups in total. The van der Waals surface area contributed by atoms with Crippen molar-refractivity contribution in [3.8, 4) is 0 Å². The molecule has 1 atom stereocenters. The van der Waals surface area contributed by atoms with Crippen molar-refractivity contribution in [2.24, 2.45) is 4.99 Å². The summed E-state index contributed by atoms with van der Waals surface area (Å²) in [6.45, 7) is 0. The second-order valence-corrected chi connectivity index (χ2v) is 4.15. The van der Waals surface area contributed by atoms with E-state index in [4.69, 9.17) is 11.6 Å². The molecule has 0 fully saturated rings. The highest BCUT2D eigenvalue weighted by Gasteiger charge is 2.33. The number of hydrogen-bond acceptors (Lipinski definition) is 2. The topological polar surface area (TPSA) is 32.7 Å². The van der Waals surface area contributed by atoms with Crippen molar-refractivity contribution in [3.05, 3.63) is 28.8 Å². The molecule has 0 bridgehead atoms. The maximum atomic E-state index is 12.9. The number of anilines is 1. The van der Waals surface area contributed by atoms with Crippen molar-refractivity contribution < 1.29 is 18.0 Å². The van der Waals surface area contributed by atoms with Gasteiger partial charge in [-0.3, -0.25) is 4.79 Å². The third-order valence-electron chi connectivity index (χ3n) is 2.54. The number of carbonyl (C=O) groups excluding carboxylic acids is 1. The molecule has 7 heteroatoms. The Labute approximate surface area is 106 Å². The van der Waals surface area contributed by atoms with Crippen molar-refractivity contribution in [1.29, 1.82) is 0 Å². The molecular formula is C11H8ClF3N2O.